The molecule has 2 fully saturated rings. The SMILES string of the molecule is O=C(CCNC1CCS(=O)CC1)N1CCCCC1. The monoisotopic (exact) mass is 272 g/mol. The molecule has 18 heavy (non-hydrogen) atoms. The molecule has 2 saturated heterocycles. The Labute approximate surface area is 112 Å². The van der Waals surface area contributed by atoms with Crippen LogP contribution in [0.15, 0.2) is 0 Å². The summed E-state index contributed by atoms with van der Waals surface area (Å²) in [6, 6.07) is 0.469. The van der Waals surface area contributed by atoms with Crippen LogP contribution in [-0.2, 0) is 15.6 Å². The molecule has 0 aromatic carbocycles. The summed E-state index contributed by atoms with van der Waals surface area (Å²) in [6.45, 7) is 2.66. The van der Waals surface area contributed by atoms with Crippen molar-refractivity contribution in [3.63, 3.8) is 0 Å². The summed E-state index contributed by atoms with van der Waals surface area (Å²) < 4.78 is 11.2. The van der Waals surface area contributed by atoms with Crippen molar-refractivity contribution in [2.75, 3.05) is 31.1 Å². The van der Waals surface area contributed by atoms with Gasteiger partial charge in [-0.2, -0.15) is 0 Å². The predicted octanol–water partition coefficient (Wildman–Crippen LogP) is 0.890. The van der Waals surface area contributed by atoms with Crippen molar-refractivity contribution in [3.05, 3.63) is 0 Å². The summed E-state index contributed by atoms with van der Waals surface area (Å²) >= 11 is 0. The number of amides is 1. The molecule has 0 unspecified atom stereocenters. The van der Waals surface area contributed by atoms with Crippen LogP contribution in [0.5, 0.6) is 0 Å². The summed E-state index contributed by atoms with van der Waals surface area (Å²) in [6.07, 6.45) is 6.18. The fraction of sp³-hybridized carbons (Fsp3) is 0.923. The minimum Gasteiger partial charge on any atom is -0.343 e. The van der Waals surface area contributed by atoms with Gasteiger partial charge in [0.25, 0.3) is 0 Å². The molecular formula is C13H24N2O2S. The van der Waals surface area contributed by atoms with Crippen molar-refractivity contribution in [2.45, 2.75) is 44.6 Å². The molecule has 0 atom stereocenters. The summed E-state index contributed by atoms with van der Waals surface area (Å²) in [4.78, 5) is 13.9. The zero-order valence-electron chi connectivity index (χ0n) is 11.0. The number of nitrogens with zero attached hydrogens (tertiary/aromatic N) is 1. The second-order valence-corrected chi connectivity index (χ2v) is 6.96. The van der Waals surface area contributed by atoms with Crippen molar-refractivity contribution < 1.29 is 9.00 Å². The lowest BCUT2D eigenvalue weighted by molar-refractivity contribution is -0.132. The Morgan fingerprint density at radius 1 is 1.17 bits per heavy atom. The third-order valence-electron chi connectivity index (χ3n) is 3.87. The molecule has 2 aliphatic rings. The Morgan fingerprint density at radius 3 is 2.50 bits per heavy atom. The lowest BCUT2D eigenvalue weighted by Gasteiger charge is -2.27. The maximum Gasteiger partial charge on any atom is 0.223 e. The van der Waals surface area contributed by atoms with Gasteiger partial charge in [0.15, 0.2) is 0 Å². The first kappa shape index (κ1) is 14.0. The van der Waals surface area contributed by atoms with Crippen molar-refractivity contribution in [2.24, 2.45) is 0 Å². The van der Waals surface area contributed by atoms with Gasteiger partial charge < -0.3 is 10.2 Å². The van der Waals surface area contributed by atoms with E-state index in [0.29, 0.717) is 18.4 Å². The Balaban J connectivity index is 1.59. The number of carbonyl (C=O) groups excluding carboxylic acids is 1. The second-order valence-electron chi connectivity index (χ2n) is 5.27. The molecule has 1 N–H and O–H groups in total. The van der Waals surface area contributed by atoms with E-state index < -0.39 is 10.8 Å². The van der Waals surface area contributed by atoms with Gasteiger partial charge in [-0.1, -0.05) is 0 Å². The number of hydrogen-bond acceptors (Lipinski definition) is 3. The molecular weight excluding hydrogens is 248 g/mol. The van der Waals surface area contributed by atoms with E-state index in [1.165, 1.54) is 6.42 Å². The van der Waals surface area contributed by atoms with Crippen LogP contribution in [0.1, 0.15) is 38.5 Å². The quantitative estimate of drug-likeness (QED) is 0.827. The van der Waals surface area contributed by atoms with Gasteiger partial charge in [0.05, 0.1) is 0 Å². The van der Waals surface area contributed by atoms with Crippen molar-refractivity contribution >= 4 is 16.7 Å². The zero-order valence-corrected chi connectivity index (χ0v) is 11.8. The Morgan fingerprint density at radius 2 is 1.83 bits per heavy atom. The van der Waals surface area contributed by atoms with E-state index in [0.717, 1.165) is 56.8 Å². The summed E-state index contributed by atoms with van der Waals surface area (Å²) in [5.41, 5.74) is 0. The second kappa shape index (κ2) is 7.24. The molecule has 0 spiro atoms. The topological polar surface area (TPSA) is 49.4 Å². The minimum atomic E-state index is -0.594. The number of rotatable bonds is 4. The molecule has 0 bridgehead atoms. The maximum absolute atomic E-state index is 11.9. The zero-order chi connectivity index (χ0) is 12.8. The molecule has 0 radical (unpaired) electrons. The minimum absolute atomic E-state index is 0.293. The summed E-state index contributed by atoms with van der Waals surface area (Å²) in [5.74, 6) is 1.93. The van der Waals surface area contributed by atoms with Crippen LogP contribution >= 0.6 is 0 Å². The lowest BCUT2D eigenvalue weighted by Crippen LogP contribution is -2.40. The number of nitrogens with one attached hydrogen (secondary N) is 1. The highest BCUT2D eigenvalue weighted by Crippen LogP contribution is 2.11. The van der Waals surface area contributed by atoms with Crippen LogP contribution in [0.2, 0.25) is 0 Å². The average molecular weight is 272 g/mol. The van der Waals surface area contributed by atoms with Gasteiger partial charge in [0.1, 0.15) is 0 Å². The molecule has 4 nitrogen and oxygen atoms in total. The Bertz CT molecular complexity index is 293. The first-order chi connectivity index (χ1) is 8.75. The number of piperidine rings is 1. The van der Waals surface area contributed by atoms with E-state index in [1.54, 1.807) is 0 Å². The van der Waals surface area contributed by atoms with E-state index in [4.69, 9.17) is 0 Å². The van der Waals surface area contributed by atoms with Gasteiger partial charge in [-0.05, 0) is 32.1 Å². The first-order valence-corrected chi connectivity index (χ1v) is 8.60. The largest absolute Gasteiger partial charge is 0.343 e. The van der Waals surface area contributed by atoms with Gasteiger partial charge in [-0.15, -0.1) is 0 Å². The third kappa shape index (κ3) is 4.35. The molecule has 5 heteroatoms. The van der Waals surface area contributed by atoms with Gasteiger partial charge in [-0.25, -0.2) is 0 Å². The maximum atomic E-state index is 11.9. The highest BCUT2D eigenvalue weighted by molar-refractivity contribution is 7.85. The summed E-state index contributed by atoms with van der Waals surface area (Å²) in [7, 11) is -0.594. The highest BCUT2D eigenvalue weighted by atomic mass is 32.2. The standard InChI is InChI=1S/C13H24N2O2S/c16-13(15-8-2-1-3-9-15)4-7-14-12-5-10-18(17)11-6-12/h12,14H,1-11H2. The fourth-order valence-electron chi connectivity index (χ4n) is 2.68. The van der Waals surface area contributed by atoms with Gasteiger partial charge in [-0.3, -0.25) is 9.00 Å². The van der Waals surface area contributed by atoms with E-state index in [-0.39, 0.29) is 0 Å². The number of hydrogen-bond donors (Lipinski definition) is 1. The highest BCUT2D eigenvalue weighted by Gasteiger charge is 2.19. The molecule has 0 aromatic rings. The number of likely N-dealkylation sites (tertiary alicyclic amines) is 1. The average Bonchev–Trinajstić information content (AvgIpc) is 2.42. The molecule has 2 aliphatic heterocycles. The molecule has 0 saturated carbocycles. The smallest absolute Gasteiger partial charge is 0.223 e. The van der Waals surface area contributed by atoms with Crippen LogP contribution in [0.3, 0.4) is 0 Å². The van der Waals surface area contributed by atoms with Gasteiger partial charge >= 0.3 is 0 Å². The Kier molecular flexibility index (Phi) is 5.63. The van der Waals surface area contributed by atoms with Crippen LogP contribution in [0.25, 0.3) is 0 Å². The Hall–Kier alpha value is -0.420. The summed E-state index contributed by atoms with van der Waals surface area (Å²) in [5, 5.41) is 3.43. The van der Waals surface area contributed by atoms with Crippen molar-refractivity contribution in [1.29, 1.82) is 0 Å². The van der Waals surface area contributed by atoms with E-state index in [2.05, 4.69) is 5.32 Å². The molecule has 0 aliphatic carbocycles. The van der Waals surface area contributed by atoms with Gasteiger partial charge in [0.2, 0.25) is 5.91 Å². The predicted molar refractivity (Wildman–Crippen MR) is 73.9 cm³/mol. The van der Waals surface area contributed by atoms with E-state index in [9.17, 15) is 9.00 Å². The van der Waals surface area contributed by atoms with Crippen LogP contribution < -0.4 is 5.32 Å². The molecule has 2 rings (SSSR count). The molecule has 104 valence electrons. The lowest BCUT2D eigenvalue weighted by atomic mass is 10.1. The van der Waals surface area contributed by atoms with E-state index in [1.807, 2.05) is 4.90 Å². The van der Waals surface area contributed by atoms with Crippen LogP contribution in [-0.4, -0.2) is 52.2 Å². The normalized spacial score (nSPS) is 29.2. The third-order valence-corrected chi connectivity index (χ3v) is 5.25. The first-order valence-electron chi connectivity index (χ1n) is 7.12. The van der Waals surface area contributed by atoms with E-state index >= 15 is 0 Å². The van der Waals surface area contributed by atoms with Crippen molar-refractivity contribution in [3.8, 4) is 0 Å². The number of carbonyl (C=O) groups is 1. The van der Waals surface area contributed by atoms with Crippen LogP contribution in [0, 0.1) is 0 Å². The molecule has 1 amide bonds. The fourth-order valence-corrected chi connectivity index (χ4v) is 3.98. The molecule has 2 heterocycles. The van der Waals surface area contributed by atoms with Gasteiger partial charge in [0, 0.05) is 54.4 Å². The molecule has 0 aromatic heterocycles. The van der Waals surface area contributed by atoms with Crippen LogP contribution in [0.4, 0.5) is 0 Å². The van der Waals surface area contributed by atoms with Crippen molar-refractivity contribution in [1.82, 2.24) is 10.2 Å².